The van der Waals surface area contributed by atoms with E-state index in [1.165, 1.54) is 35.6 Å². The molecule has 7 heteroatoms. The zero-order valence-corrected chi connectivity index (χ0v) is 13.8. The Labute approximate surface area is 146 Å². The number of aromatic nitrogens is 1. The van der Waals surface area contributed by atoms with Gasteiger partial charge >= 0.3 is 0 Å². The van der Waals surface area contributed by atoms with Crippen LogP contribution in [-0.4, -0.2) is 16.0 Å². The molecule has 0 spiro atoms. The number of aliphatic hydroxyl groups excluding tert-OH is 1. The Morgan fingerprint density at radius 1 is 1.25 bits per heavy atom. The van der Waals surface area contributed by atoms with Gasteiger partial charge in [-0.25, -0.2) is 9.37 Å². The van der Waals surface area contributed by atoms with E-state index in [-0.39, 0.29) is 11.5 Å². The van der Waals surface area contributed by atoms with E-state index in [0.717, 1.165) is 0 Å². The maximum absolute atomic E-state index is 12.9. The summed E-state index contributed by atoms with van der Waals surface area (Å²) in [6, 6.07) is 12.2. The van der Waals surface area contributed by atoms with Crippen LogP contribution in [0.4, 0.5) is 10.1 Å². The van der Waals surface area contributed by atoms with Crippen molar-refractivity contribution in [3.05, 3.63) is 81.0 Å². The summed E-state index contributed by atoms with van der Waals surface area (Å²) < 4.78 is 12.9. The third kappa shape index (κ3) is 3.79. The molecular weight excluding hydrogens is 351 g/mol. The van der Waals surface area contributed by atoms with Gasteiger partial charge in [-0.1, -0.05) is 23.7 Å². The number of thiazole rings is 1. The van der Waals surface area contributed by atoms with Crippen LogP contribution >= 0.6 is 22.9 Å². The maximum atomic E-state index is 12.9. The third-order valence-electron chi connectivity index (χ3n) is 3.26. The molecule has 0 saturated carbocycles. The van der Waals surface area contributed by atoms with Crippen molar-refractivity contribution in [3.63, 3.8) is 0 Å². The average molecular weight is 363 g/mol. The van der Waals surface area contributed by atoms with E-state index in [9.17, 15) is 14.3 Å². The number of carbonyl (C=O) groups excluding carboxylic acids is 1. The van der Waals surface area contributed by atoms with Crippen LogP contribution in [0.3, 0.4) is 0 Å². The van der Waals surface area contributed by atoms with Crippen LogP contribution in [0.25, 0.3) is 0 Å². The Morgan fingerprint density at radius 3 is 2.71 bits per heavy atom. The van der Waals surface area contributed by atoms with Gasteiger partial charge < -0.3 is 10.4 Å². The number of halogens is 2. The van der Waals surface area contributed by atoms with Gasteiger partial charge in [0.1, 0.15) is 22.6 Å². The van der Waals surface area contributed by atoms with Crippen molar-refractivity contribution < 1.29 is 14.3 Å². The molecule has 1 amide bonds. The fraction of sp³-hybridized carbons (Fsp3) is 0.0588. The van der Waals surface area contributed by atoms with Crippen molar-refractivity contribution in [3.8, 4) is 0 Å². The number of hydrogen-bond acceptors (Lipinski definition) is 4. The summed E-state index contributed by atoms with van der Waals surface area (Å²) in [5, 5.41) is 15.4. The Bertz CT molecular complexity index is 867. The summed E-state index contributed by atoms with van der Waals surface area (Å²) in [5.41, 5.74) is 1.24. The van der Waals surface area contributed by atoms with Crippen LogP contribution in [0.1, 0.15) is 27.2 Å². The lowest BCUT2D eigenvalue weighted by atomic mass is 10.1. The summed E-state index contributed by atoms with van der Waals surface area (Å²) >= 11 is 7.09. The Balaban J connectivity index is 1.75. The van der Waals surface area contributed by atoms with Crippen LogP contribution in [0.2, 0.25) is 5.02 Å². The zero-order valence-electron chi connectivity index (χ0n) is 12.2. The molecule has 0 aliphatic rings. The van der Waals surface area contributed by atoms with Gasteiger partial charge in [-0.3, -0.25) is 4.79 Å². The Kier molecular flexibility index (Phi) is 4.89. The fourth-order valence-electron chi connectivity index (χ4n) is 2.07. The molecule has 122 valence electrons. The summed E-state index contributed by atoms with van der Waals surface area (Å²) in [4.78, 5) is 16.3. The lowest BCUT2D eigenvalue weighted by molar-refractivity contribution is 0.102. The highest BCUT2D eigenvalue weighted by Gasteiger charge is 2.18. The van der Waals surface area contributed by atoms with Gasteiger partial charge in [0, 0.05) is 16.1 Å². The molecular formula is C17H12ClFN2O2S. The van der Waals surface area contributed by atoms with Gasteiger partial charge in [-0.15, -0.1) is 11.3 Å². The largest absolute Gasteiger partial charge is 0.381 e. The molecule has 0 aliphatic carbocycles. The Morgan fingerprint density at radius 2 is 2.00 bits per heavy atom. The van der Waals surface area contributed by atoms with Gasteiger partial charge in [-0.05, 0) is 42.0 Å². The number of rotatable bonds is 4. The molecule has 1 aromatic heterocycles. The van der Waals surface area contributed by atoms with E-state index in [1.54, 1.807) is 29.6 Å². The van der Waals surface area contributed by atoms with Crippen molar-refractivity contribution in [2.24, 2.45) is 0 Å². The predicted octanol–water partition coefficient (Wildman–Crippen LogP) is 4.27. The molecule has 3 aromatic rings. The van der Waals surface area contributed by atoms with E-state index < -0.39 is 12.0 Å². The maximum Gasteiger partial charge on any atom is 0.275 e. The molecule has 0 radical (unpaired) electrons. The summed E-state index contributed by atoms with van der Waals surface area (Å²) in [6.07, 6.45) is -0.957. The van der Waals surface area contributed by atoms with Crippen LogP contribution in [-0.2, 0) is 0 Å². The second-order valence-corrected chi connectivity index (χ2v) is 6.32. The minimum Gasteiger partial charge on any atom is -0.381 e. The highest BCUT2D eigenvalue weighted by atomic mass is 35.5. The minimum absolute atomic E-state index is 0.181. The molecule has 1 heterocycles. The van der Waals surface area contributed by atoms with Gasteiger partial charge in [-0.2, -0.15) is 0 Å². The lowest BCUT2D eigenvalue weighted by Gasteiger charge is -2.08. The molecule has 3 rings (SSSR count). The molecule has 0 fully saturated rings. The first-order valence-corrected chi connectivity index (χ1v) is 8.24. The molecule has 2 aromatic carbocycles. The highest BCUT2D eigenvalue weighted by Crippen LogP contribution is 2.27. The van der Waals surface area contributed by atoms with Gasteiger partial charge in [0.25, 0.3) is 5.91 Å². The van der Waals surface area contributed by atoms with Crippen molar-refractivity contribution in [1.82, 2.24) is 4.98 Å². The van der Waals surface area contributed by atoms with Crippen molar-refractivity contribution in [2.45, 2.75) is 6.10 Å². The predicted molar refractivity (Wildman–Crippen MR) is 92.0 cm³/mol. The van der Waals surface area contributed by atoms with E-state index in [2.05, 4.69) is 10.3 Å². The first kappa shape index (κ1) is 16.6. The second-order valence-electron chi connectivity index (χ2n) is 4.99. The minimum atomic E-state index is -0.957. The van der Waals surface area contributed by atoms with E-state index in [0.29, 0.717) is 21.3 Å². The van der Waals surface area contributed by atoms with Crippen molar-refractivity contribution >= 4 is 34.5 Å². The molecule has 0 saturated heterocycles. The van der Waals surface area contributed by atoms with Crippen LogP contribution < -0.4 is 5.32 Å². The highest BCUT2D eigenvalue weighted by molar-refractivity contribution is 7.10. The number of aliphatic hydroxyl groups is 1. The lowest BCUT2D eigenvalue weighted by Crippen LogP contribution is -2.12. The molecule has 0 aliphatic heterocycles. The average Bonchev–Trinajstić information content (AvgIpc) is 3.06. The standard InChI is InChI=1S/C17H12ClFN2O2S/c18-11-3-1-2-10(8-11)15(22)17-21-14(9-24-17)16(23)20-13-6-4-12(19)5-7-13/h1-9,15,22H,(H,20,23). The van der Waals surface area contributed by atoms with Crippen molar-refractivity contribution in [1.29, 1.82) is 0 Å². The molecule has 1 atom stereocenters. The molecule has 4 nitrogen and oxygen atoms in total. The number of anilines is 1. The molecule has 1 unspecified atom stereocenters. The summed E-state index contributed by atoms with van der Waals surface area (Å²) in [5.74, 6) is -0.809. The SMILES string of the molecule is O=C(Nc1ccc(F)cc1)c1csc(C(O)c2cccc(Cl)c2)n1. The first-order valence-electron chi connectivity index (χ1n) is 6.99. The second kappa shape index (κ2) is 7.09. The monoisotopic (exact) mass is 362 g/mol. The number of carbonyl (C=O) groups is 1. The van der Waals surface area contributed by atoms with Gasteiger partial charge in [0.15, 0.2) is 0 Å². The first-order chi connectivity index (χ1) is 11.5. The van der Waals surface area contributed by atoms with Gasteiger partial charge in [0.05, 0.1) is 0 Å². The van der Waals surface area contributed by atoms with Crippen LogP contribution in [0.15, 0.2) is 53.9 Å². The normalized spacial score (nSPS) is 12.0. The molecule has 24 heavy (non-hydrogen) atoms. The number of hydrogen-bond donors (Lipinski definition) is 2. The number of nitrogens with one attached hydrogen (secondary N) is 1. The summed E-state index contributed by atoms with van der Waals surface area (Å²) in [6.45, 7) is 0. The zero-order chi connectivity index (χ0) is 17.1. The quantitative estimate of drug-likeness (QED) is 0.728. The summed E-state index contributed by atoms with van der Waals surface area (Å²) in [7, 11) is 0. The smallest absolute Gasteiger partial charge is 0.275 e. The number of nitrogens with zero attached hydrogens (tertiary/aromatic N) is 1. The molecule has 0 bridgehead atoms. The van der Waals surface area contributed by atoms with Crippen LogP contribution in [0.5, 0.6) is 0 Å². The third-order valence-corrected chi connectivity index (χ3v) is 4.39. The van der Waals surface area contributed by atoms with Crippen molar-refractivity contribution in [2.75, 3.05) is 5.32 Å². The Hall–Kier alpha value is -2.28. The topological polar surface area (TPSA) is 62.2 Å². The van der Waals surface area contributed by atoms with E-state index in [1.807, 2.05) is 0 Å². The fourth-order valence-corrected chi connectivity index (χ4v) is 3.07. The number of amides is 1. The van der Waals surface area contributed by atoms with Crippen LogP contribution in [0, 0.1) is 5.82 Å². The number of benzene rings is 2. The van der Waals surface area contributed by atoms with E-state index in [4.69, 9.17) is 11.6 Å². The van der Waals surface area contributed by atoms with E-state index >= 15 is 0 Å². The molecule has 2 N–H and O–H groups in total. The van der Waals surface area contributed by atoms with Gasteiger partial charge in [0.2, 0.25) is 0 Å².